The van der Waals surface area contributed by atoms with E-state index in [1.807, 2.05) is 89.5 Å². The molecule has 0 aliphatic carbocycles. The number of nitrogens with one attached hydrogen (secondary N) is 1. The highest BCUT2D eigenvalue weighted by molar-refractivity contribution is 7.99. The van der Waals surface area contributed by atoms with Gasteiger partial charge in [-0.1, -0.05) is 102 Å². The molecule has 8 nitrogen and oxygen atoms in total. The van der Waals surface area contributed by atoms with Crippen molar-refractivity contribution < 1.29 is 14.3 Å². The van der Waals surface area contributed by atoms with Gasteiger partial charge in [-0.15, -0.1) is 21.5 Å². The van der Waals surface area contributed by atoms with Crippen LogP contribution in [0, 0.1) is 0 Å². The van der Waals surface area contributed by atoms with E-state index >= 15 is 0 Å². The minimum atomic E-state index is -0.538. The number of esters is 1. The molecular formula is C32H22ClN5O3S2. The smallest absolute Gasteiger partial charge is 0.355 e. The SMILES string of the molecule is O=C(CSc1nnc(-c2ccccc2)n1-c1ccccc1)N/N=C/c1cccc(OC(=O)c2sc3ccccc3c2Cl)c1. The van der Waals surface area contributed by atoms with Crippen LogP contribution in [0.25, 0.3) is 27.2 Å². The highest BCUT2D eigenvalue weighted by Gasteiger charge is 2.19. The van der Waals surface area contributed by atoms with Gasteiger partial charge in [0.1, 0.15) is 10.6 Å². The van der Waals surface area contributed by atoms with Crippen molar-refractivity contribution in [2.45, 2.75) is 5.16 Å². The lowest BCUT2D eigenvalue weighted by Gasteiger charge is -2.10. The summed E-state index contributed by atoms with van der Waals surface area (Å²) in [5.41, 5.74) is 4.98. The van der Waals surface area contributed by atoms with Crippen molar-refractivity contribution in [3.8, 4) is 22.8 Å². The zero-order valence-electron chi connectivity index (χ0n) is 22.4. The monoisotopic (exact) mass is 623 g/mol. The number of ether oxygens (including phenoxy) is 1. The number of thiophene rings is 1. The number of nitrogens with zero attached hydrogens (tertiary/aromatic N) is 4. The van der Waals surface area contributed by atoms with Gasteiger partial charge < -0.3 is 4.74 Å². The fourth-order valence-electron chi connectivity index (χ4n) is 4.25. The van der Waals surface area contributed by atoms with E-state index in [9.17, 15) is 9.59 Å². The molecule has 0 spiro atoms. The number of hydrogen-bond acceptors (Lipinski definition) is 8. The quantitative estimate of drug-likeness (QED) is 0.0598. The molecule has 43 heavy (non-hydrogen) atoms. The first-order valence-corrected chi connectivity index (χ1v) is 15.2. The maximum atomic E-state index is 12.8. The average Bonchev–Trinajstić information content (AvgIpc) is 3.62. The Kier molecular flexibility index (Phi) is 8.60. The molecule has 6 aromatic rings. The Hall–Kier alpha value is -4.77. The molecule has 0 aliphatic rings. The van der Waals surface area contributed by atoms with Crippen LogP contribution in [-0.2, 0) is 4.79 Å². The topological polar surface area (TPSA) is 98.5 Å². The van der Waals surface area contributed by atoms with Gasteiger partial charge in [-0.2, -0.15) is 5.10 Å². The molecule has 0 atom stereocenters. The van der Waals surface area contributed by atoms with Crippen molar-refractivity contribution in [3.63, 3.8) is 0 Å². The van der Waals surface area contributed by atoms with Crippen molar-refractivity contribution >= 4 is 62.9 Å². The fourth-order valence-corrected chi connectivity index (χ4v) is 6.37. The second-order valence-electron chi connectivity index (χ2n) is 9.13. The molecule has 11 heteroatoms. The molecule has 1 amide bonds. The van der Waals surface area contributed by atoms with Gasteiger partial charge in [0.2, 0.25) is 0 Å². The van der Waals surface area contributed by atoms with Gasteiger partial charge in [-0.25, -0.2) is 10.2 Å². The number of aromatic nitrogens is 3. The molecule has 6 rings (SSSR count). The lowest BCUT2D eigenvalue weighted by atomic mass is 10.2. The predicted molar refractivity (Wildman–Crippen MR) is 171 cm³/mol. The highest BCUT2D eigenvalue weighted by atomic mass is 35.5. The zero-order chi connectivity index (χ0) is 29.6. The highest BCUT2D eigenvalue weighted by Crippen LogP contribution is 2.36. The van der Waals surface area contributed by atoms with Crippen LogP contribution in [0.5, 0.6) is 5.75 Å². The molecule has 2 aromatic heterocycles. The summed E-state index contributed by atoms with van der Waals surface area (Å²) in [5, 5.41) is 14.6. The second-order valence-corrected chi connectivity index (χ2v) is 11.5. The number of hydrogen-bond donors (Lipinski definition) is 1. The first-order valence-electron chi connectivity index (χ1n) is 13.1. The third kappa shape index (κ3) is 6.51. The van der Waals surface area contributed by atoms with Gasteiger partial charge in [0.05, 0.1) is 17.0 Å². The van der Waals surface area contributed by atoms with Gasteiger partial charge >= 0.3 is 5.97 Å². The third-order valence-electron chi connectivity index (χ3n) is 6.20. The largest absolute Gasteiger partial charge is 0.422 e. The molecule has 0 bridgehead atoms. The van der Waals surface area contributed by atoms with Crippen molar-refractivity contribution in [3.05, 3.63) is 125 Å². The molecule has 0 aliphatic heterocycles. The third-order valence-corrected chi connectivity index (χ3v) is 8.79. The van der Waals surface area contributed by atoms with Crippen molar-refractivity contribution in [1.29, 1.82) is 0 Å². The number of benzene rings is 4. The summed E-state index contributed by atoms with van der Waals surface area (Å²) in [6.45, 7) is 0. The number of hydrazone groups is 1. The molecule has 0 fully saturated rings. The Morgan fingerprint density at radius 1 is 0.930 bits per heavy atom. The normalized spacial score (nSPS) is 11.2. The van der Waals surface area contributed by atoms with E-state index in [-0.39, 0.29) is 11.7 Å². The minimum Gasteiger partial charge on any atom is -0.422 e. The van der Waals surface area contributed by atoms with Crippen LogP contribution in [0.2, 0.25) is 5.02 Å². The number of carbonyl (C=O) groups is 2. The summed E-state index contributed by atoms with van der Waals surface area (Å²) in [6, 6.07) is 33.9. The number of fused-ring (bicyclic) bond motifs is 1. The van der Waals surface area contributed by atoms with Crippen LogP contribution in [0.4, 0.5) is 0 Å². The Morgan fingerprint density at radius 2 is 1.67 bits per heavy atom. The van der Waals surface area contributed by atoms with E-state index < -0.39 is 5.97 Å². The van der Waals surface area contributed by atoms with Crippen LogP contribution >= 0.6 is 34.7 Å². The first-order chi connectivity index (χ1) is 21.1. The second kappa shape index (κ2) is 13.0. The van der Waals surface area contributed by atoms with Crippen LogP contribution in [-0.4, -0.2) is 38.6 Å². The van der Waals surface area contributed by atoms with E-state index in [1.54, 1.807) is 24.3 Å². The van der Waals surface area contributed by atoms with Gasteiger partial charge in [-0.05, 0) is 35.9 Å². The van der Waals surface area contributed by atoms with E-state index in [2.05, 4.69) is 20.7 Å². The zero-order valence-corrected chi connectivity index (χ0v) is 24.8. The van der Waals surface area contributed by atoms with Gasteiger partial charge in [-0.3, -0.25) is 9.36 Å². The van der Waals surface area contributed by atoms with Gasteiger partial charge in [0, 0.05) is 21.3 Å². The maximum absolute atomic E-state index is 12.8. The van der Waals surface area contributed by atoms with Gasteiger partial charge in [0.25, 0.3) is 5.91 Å². The Morgan fingerprint density at radius 3 is 2.47 bits per heavy atom. The molecule has 0 saturated heterocycles. The summed E-state index contributed by atoms with van der Waals surface area (Å²) in [5.74, 6) is 0.239. The van der Waals surface area contributed by atoms with Crippen LogP contribution in [0.1, 0.15) is 15.2 Å². The van der Waals surface area contributed by atoms with Crippen molar-refractivity contribution in [1.82, 2.24) is 20.2 Å². The average molecular weight is 624 g/mol. The maximum Gasteiger partial charge on any atom is 0.355 e. The summed E-state index contributed by atoms with van der Waals surface area (Å²) in [7, 11) is 0. The fraction of sp³-hybridized carbons (Fsp3) is 0.0312. The predicted octanol–water partition coefficient (Wildman–Crippen LogP) is 7.26. The number of rotatable bonds is 9. The molecule has 1 N–H and O–H groups in total. The Balaban J connectivity index is 1.09. The summed E-state index contributed by atoms with van der Waals surface area (Å²) >= 11 is 8.96. The molecule has 4 aromatic carbocycles. The Bertz CT molecular complexity index is 1940. The van der Waals surface area contributed by atoms with Gasteiger partial charge in [0.15, 0.2) is 11.0 Å². The molecule has 2 heterocycles. The molecule has 0 radical (unpaired) electrons. The summed E-state index contributed by atoms with van der Waals surface area (Å²) < 4.78 is 8.40. The lowest BCUT2D eigenvalue weighted by molar-refractivity contribution is -0.118. The van der Waals surface area contributed by atoms with E-state index in [4.69, 9.17) is 16.3 Å². The first kappa shape index (κ1) is 28.4. The number of thioether (sulfide) groups is 1. The molecule has 212 valence electrons. The van der Waals surface area contributed by atoms with Crippen molar-refractivity contribution in [2.24, 2.45) is 5.10 Å². The minimum absolute atomic E-state index is 0.0741. The summed E-state index contributed by atoms with van der Waals surface area (Å²) in [6.07, 6.45) is 1.48. The number of amides is 1. The number of para-hydroxylation sites is 1. The van der Waals surface area contributed by atoms with E-state index in [0.29, 0.717) is 32.2 Å². The van der Waals surface area contributed by atoms with Crippen LogP contribution < -0.4 is 10.2 Å². The molecule has 0 unspecified atom stereocenters. The van der Waals surface area contributed by atoms with Crippen LogP contribution in [0.15, 0.2) is 119 Å². The number of halogens is 1. The lowest BCUT2D eigenvalue weighted by Crippen LogP contribution is -2.20. The van der Waals surface area contributed by atoms with E-state index in [0.717, 1.165) is 21.3 Å². The molecule has 0 saturated carbocycles. The van der Waals surface area contributed by atoms with Crippen LogP contribution in [0.3, 0.4) is 0 Å². The molecular weight excluding hydrogens is 602 g/mol. The standard InChI is InChI=1S/C32H22ClN5O3S2/c33-28-25-16-7-8-17-26(25)43-29(28)31(40)41-24-15-9-10-21(18-24)19-34-35-27(39)20-42-32-37-36-30(22-11-3-1-4-12-22)38(32)23-13-5-2-6-14-23/h1-19H,20H2,(H,35,39)/b34-19+. The van der Waals surface area contributed by atoms with Crippen molar-refractivity contribution in [2.75, 3.05) is 5.75 Å². The Labute approximate surface area is 260 Å². The summed E-state index contributed by atoms with van der Waals surface area (Å²) in [4.78, 5) is 25.8. The number of carbonyl (C=O) groups excluding carboxylic acids is 2. The van der Waals surface area contributed by atoms with E-state index in [1.165, 1.54) is 29.3 Å².